The van der Waals surface area contributed by atoms with Gasteiger partial charge >= 0.3 is 0 Å². The van der Waals surface area contributed by atoms with Gasteiger partial charge in [-0.25, -0.2) is 13.9 Å². The summed E-state index contributed by atoms with van der Waals surface area (Å²) in [4.78, 5) is 21.5. The Kier molecular flexibility index (Phi) is 3.59. The van der Waals surface area contributed by atoms with Gasteiger partial charge in [0.1, 0.15) is 5.82 Å². The molecule has 6 heteroatoms. The Bertz CT molecular complexity index is 917. The van der Waals surface area contributed by atoms with Crippen molar-refractivity contribution in [3.05, 3.63) is 58.9 Å². The number of nitrogens with zero attached hydrogens (tertiary/aromatic N) is 4. The summed E-state index contributed by atoms with van der Waals surface area (Å²) in [6, 6.07) is 6.35. The molecule has 0 saturated carbocycles. The molecule has 1 aliphatic carbocycles. The average Bonchev–Trinajstić information content (AvgIpc) is 2.95. The summed E-state index contributed by atoms with van der Waals surface area (Å²) in [5, 5.41) is 4.38. The quantitative estimate of drug-likeness (QED) is 0.742. The number of halogens is 1. The summed E-state index contributed by atoms with van der Waals surface area (Å²) in [5.41, 5.74) is 2.34. The molecule has 1 aromatic carbocycles. The highest BCUT2D eigenvalue weighted by Crippen LogP contribution is 2.32. The molecule has 2 aromatic heterocycles. The van der Waals surface area contributed by atoms with Crippen LogP contribution in [-0.4, -0.2) is 25.4 Å². The smallest absolute Gasteiger partial charge is 0.252 e. The van der Waals surface area contributed by atoms with Crippen molar-refractivity contribution >= 4 is 11.6 Å². The van der Waals surface area contributed by atoms with E-state index in [9.17, 15) is 9.18 Å². The van der Waals surface area contributed by atoms with E-state index in [0.29, 0.717) is 24.2 Å². The van der Waals surface area contributed by atoms with Gasteiger partial charge in [0.15, 0.2) is 11.6 Å². The second-order valence-electron chi connectivity index (χ2n) is 6.20. The lowest BCUT2D eigenvalue weighted by Crippen LogP contribution is -2.21. The van der Waals surface area contributed by atoms with Crippen molar-refractivity contribution < 1.29 is 9.18 Å². The molecule has 0 amide bonds. The standard InChI is InChI=1S/C18H17FN4O/c1-2-3-17-21-18-20-15-8-12(11-4-6-13(19)7-5-11)9-16(24)14(15)10-23(18)22-17/h4-7,10,12H,2-3,8-9H2,1H3/t12-/m1/s1. The number of fused-ring (bicyclic) bond motifs is 2. The Morgan fingerprint density at radius 2 is 2.00 bits per heavy atom. The van der Waals surface area contributed by atoms with Gasteiger partial charge in [0, 0.05) is 19.0 Å². The van der Waals surface area contributed by atoms with Gasteiger partial charge in [-0.1, -0.05) is 19.1 Å². The fraction of sp³-hybridized carbons (Fsp3) is 0.333. The molecule has 5 nitrogen and oxygen atoms in total. The van der Waals surface area contributed by atoms with Gasteiger partial charge in [0.2, 0.25) is 0 Å². The second kappa shape index (κ2) is 5.78. The zero-order chi connectivity index (χ0) is 16.7. The van der Waals surface area contributed by atoms with Crippen LogP contribution < -0.4 is 0 Å². The van der Waals surface area contributed by atoms with Crippen molar-refractivity contribution in [1.82, 2.24) is 19.6 Å². The number of Topliss-reactive ketones (excluding diaryl/α,β-unsaturated/α-hetero) is 1. The van der Waals surface area contributed by atoms with Gasteiger partial charge in [-0.3, -0.25) is 4.79 Å². The minimum Gasteiger partial charge on any atom is -0.294 e. The lowest BCUT2D eigenvalue weighted by Gasteiger charge is -2.23. The third-order valence-corrected chi connectivity index (χ3v) is 4.44. The van der Waals surface area contributed by atoms with E-state index < -0.39 is 0 Å². The molecule has 1 atom stereocenters. The predicted molar refractivity (Wildman–Crippen MR) is 86.6 cm³/mol. The van der Waals surface area contributed by atoms with Crippen LogP contribution in [0, 0.1) is 5.82 Å². The Morgan fingerprint density at radius 3 is 2.75 bits per heavy atom. The lowest BCUT2D eigenvalue weighted by atomic mass is 9.82. The topological polar surface area (TPSA) is 60.1 Å². The van der Waals surface area contributed by atoms with E-state index in [1.54, 1.807) is 22.8 Å². The maximum atomic E-state index is 13.1. The van der Waals surface area contributed by atoms with E-state index in [1.165, 1.54) is 12.1 Å². The third-order valence-electron chi connectivity index (χ3n) is 4.44. The molecule has 0 radical (unpaired) electrons. The fourth-order valence-electron chi connectivity index (χ4n) is 3.23. The third kappa shape index (κ3) is 2.58. The zero-order valence-electron chi connectivity index (χ0n) is 13.4. The van der Waals surface area contributed by atoms with Crippen LogP contribution in [0.15, 0.2) is 30.5 Å². The number of rotatable bonds is 3. The van der Waals surface area contributed by atoms with Gasteiger partial charge in [-0.05, 0) is 36.5 Å². The van der Waals surface area contributed by atoms with E-state index in [4.69, 9.17) is 0 Å². The Hall–Kier alpha value is -2.63. The highest BCUT2D eigenvalue weighted by molar-refractivity contribution is 5.98. The second-order valence-corrected chi connectivity index (χ2v) is 6.20. The minimum atomic E-state index is -0.270. The van der Waals surface area contributed by atoms with Crippen molar-refractivity contribution in [2.75, 3.05) is 0 Å². The number of carbonyl (C=O) groups is 1. The predicted octanol–water partition coefficient (Wildman–Crippen LogP) is 3.13. The molecular formula is C18H17FN4O. The van der Waals surface area contributed by atoms with Crippen LogP contribution in [0.2, 0.25) is 0 Å². The minimum absolute atomic E-state index is 0.0265. The van der Waals surface area contributed by atoms with Crippen LogP contribution in [-0.2, 0) is 12.8 Å². The van der Waals surface area contributed by atoms with E-state index in [0.717, 1.165) is 29.9 Å². The highest BCUT2D eigenvalue weighted by Gasteiger charge is 2.28. The molecule has 0 unspecified atom stereocenters. The van der Waals surface area contributed by atoms with Gasteiger partial charge in [-0.15, -0.1) is 5.10 Å². The number of aromatic nitrogens is 4. The van der Waals surface area contributed by atoms with E-state index in [2.05, 4.69) is 22.0 Å². The van der Waals surface area contributed by atoms with Crippen molar-refractivity contribution in [2.24, 2.45) is 0 Å². The first-order valence-electron chi connectivity index (χ1n) is 8.18. The first kappa shape index (κ1) is 14.9. The first-order valence-corrected chi connectivity index (χ1v) is 8.18. The molecule has 0 N–H and O–H groups in total. The highest BCUT2D eigenvalue weighted by atomic mass is 19.1. The number of hydrogen-bond donors (Lipinski definition) is 0. The summed E-state index contributed by atoms with van der Waals surface area (Å²) in [6.07, 6.45) is 4.55. The molecule has 122 valence electrons. The summed E-state index contributed by atoms with van der Waals surface area (Å²) in [5.74, 6) is 1.08. The van der Waals surface area contributed by atoms with Crippen molar-refractivity contribution in [3.63, 3.8) is 0 Å². The molecule has 0 spiro atoms. The summed E-state index contributed by atoms with van der Waals surface area (Å²) in [7, 11) is 0. The van der Waals surface area contributed by atoms with Crippen LogP contribution in [0.3, 0.4) is 0 Å². The van der Waals surface area contributed by atoms with Crippen molar-refractivity contribution in [2.45, 2.75) is 38.5 Å². The van der Waals surface area contributed by atoms with Crippen molar-refractivity contribution in [1.29, 1.82) is 0 Å². The van der Waals surface area contributed by atoms with E-state index in [1.807, 2.05) is 0 Å². The van der Waals surface area contributed by atoms with Crippen LogP contribution >= 0.6 is 0 Å². The molecule has 3 aromatic rings. The number of hydrogen-bond acceptors (Lipinski definition) is 4. The van der Waals surface area contributed by atoms with E-state index >= 15 is 0 Å². The number of carbonyl (C=O) groups excluding carboxylic acids is 1. The number of aryl methyl sites for hydroxylation is 1. The van der Waals surface area contributed by atoms with Crippen LogP contribution in [0.1, 0.15) is 53.1 Å². The Morgan fingerprint density at radius 1 is 1.21 bits per heavy atom. The van der Waals surface area contributed by atoms with Gasteiger partial charge < -0.3 is 0 Å². The molecule has 4 rings (SSSR count). The molecule has 0 bridgehead atoms. The van der Waals surface area contributed by atoms with Crippen LogP contribution in [0.5, 0.6) is 0 Å². The van der Waals surface area contributed by atoms with Gasteiger partial charge in [0.05, 0.1) is 11.3 Å². The van der Waals surface area contributed by atoms with E-state index in [-0.39, 0.29) is 17.5 Å². The van der Waals surface area contributed by atoms with Gasteiger partial charge in [-0.2, -0.15) is 4.98 Å². The molecule has 2 heterocycles. The molecule has 0 fully saturated rings. The Balaban J connectivity index is 1.72. The monoisotopic (exact) mass is 324 g/mol. The first-order chi connectivity index (χ1) is 11.6. The average molecular weight is 324 g/mol. The largest absolute Gasteiger partial charge is 0.294 e. The molecule has 1 aliphatic rings. The summed E-state index contributed by atoms with van der Waals surface area (Å²) < 4.78 is 14.7. The fourth-order valence-corrected chi connectivity index (χ4v) is 3.23. The maximum absolute atomic E-state index is 13.1. The molecule has 0 aliphatic heterocycles. The number of benzene rings is 1. The van der Waals surface area contributed by atoms with Crippen LogP contribution in [0.4, 0.5) is 4.39 Å². The number of ketones is 1. The van der Waals surface area contributed by atoms with Gasteiger partial charge in [0.25, 0.3) is 5.78 Å². The summed E-state index contributed by atoms with van der Waals surface area (Å²) in [6.45, 7) is 2.07. The normalized spacial score (nSPS) is 17.2. The summed E-state index contributed by atoms with van der Waals surface area (Å²) >= 11 is 0. The maximum Gasteiger partial charge on any atom is 0.252 e. The van der Waals surface area contributed by atoms with Crippen LogP contribution in [0.25, 0.3) is 5.78 Å². The molecular weight excluding hydrogens is 307 g/mol. The lowest BCUT2D eigenvalue weighted by molar-refractivity contribution is 0.0962. The Labute approximate surface area is 138 Å². The molecule has 24 heavy (non-hydrogen) atoms. The van der Waals surface area contributed by atoms with Crippen molar-refractivity contribution in [3.8, 4) is 0 Å². The molecule has 0 saturated heterocycles. The SMILES string of the molecule is CCCc1nc2nc3c(cn2n1)C(=O)C[C@H](c1ccc(F)cc1)C3. The zero-order valence-corrected chi connectivity index (χ0v) is 13.4.